The van der Waals surface area contributed by atoms with E-state index in [-0.39, 0.29) is 4.75 Å². The lowest BCUT2D eigenvalue weighted by atomic mass is 10.0. The molecule has 0 aromatic carbocycles. The van der Waals surface area contributed by atoms with Crippen molar-refractivity contribution in [2.75, 3.05) is 12.8 Å². The quantitative estimate of drug-likeness (QED) is 0.580. The van der Waals surface area contributed by atoms with E-state index in [0.29, 0.717) is 13.0 Å². The van der Waals surface area contributed by atoms with E-state index in [4.69, 9.17) is 5.11 Å². The molecule has 0 saturated heterocycles. The van der Waals surface area contributed by atoms with Crippen LogP contribution in [0.25, 0.3) is 0 Å². The monoisotopic (exact) mass is 304 g/mol. The molecule has 20 heavy (non-hydrogen) atoms. The molecule has 0 spiro atoms. The van der Waals surface area contributed by atoms with E-state index >= 15 is 0 Å². The van der Waals surface area contributed by atoms with Gasteiger partial charge >= 0.3 is 12.0 Å². The highest BCUT2D eigenvalue weighted by Gasteiger charge is 2.26. The van der Waals surface area contributed by atoms with E-state index in [1.165, 1.54) is 0 Å². The molecule has 0 aliphatic heterocycles. The van der Waals surface area contributed by atoms with E-state index in [1.54, 1.807) is 11.8 Å². The van der Waals surface area contributed by atoms with Gasteiger partial charge in [-0.05, 0) is 25.5 Å². The van der Waals surface area contributed by atoms with Gasteiger partial charge in [0.25, 0.3) is 0 Å². The molecular weight excluding hydrogens is 276 g/mol. The molecule has 2 amide bonds. The van der Waals surface area contributed by atoms with Crippen molar-refractivity contribution in [2.45, 2.75) is 63.7 Å². The van der Waals surface area contributed by atoms with Crippen molar-refractivity contribution in [2.24, 2.45) is 0 Å². The number of urea groups is 1. The average molecular weight is 304 g/mol. The number of carbonyl (C=O) groups is 2. The fraction of sp³-hybridized carbons (Fsp3) is 0.857. The molecular formula is C14H28N2O3S. The molecule has 0 bridgehead atoms. The number of hydrogen-bond acceptors (Lipinski definition) is 3. The minimum Gasteiger partial charge on any atom is -0.480 e. The summed E-state index contributed by atoms with van der Waals surface area (Å²) in [7, 11) is 0. The van der Waals surface area contributed by atoms with E-state index in [0.717, 1.165) is 25.7 Å². The van der Waals surface area contributed by atoms with Crippen LogP contribution < -0.4 is 10.6 Å². The highest BCUT2D eigenvalue weighted by molar-refractivity contribution is 8.00. The normalized spacial score (nSPS) is 12.8. The summed E-state index contributed by atoms with van der Waals surface area (Å²) in [6, 6.07) is -1.20. The van der Waals surface area contributed by atoms with Gasteiger partial charge in [-0.15, -0.1) is 0 Å². The lowest BCUT2D eigenvalue weighted by molar-refractivity contribution is -0.139. The van der Waals surface area contributed by atoms with Crippen molar-refractivity contribution in [3.63, 3.8) is 0 Å². The summed E-state index contributed by atoms with van der Waals surface area (Å²) in [6.45, 7) is 6.74. The molecule has 0 fully saturated rings. The third-order valence-corrected chi connectivity index (χ3v) is 5.33. The van der Waals surface area contributed by atoms with Crippen LogP contribution in [-0.2, 0) is 4.79 Å². The summed E-state index contributed by atoms with van der Waals surface area (Å²) < 4.78 is 0.0273. The van der Waals surface area contributed by atoms with Crippen LogP contribution in [0.2, 0.25) is 0 Å². The van der Waals surface area contributed by atoms with Gasteiger partial charge in [-0.3, -0.25) is 0 Å². The fourth-order valence-corrected chi connectivity index (χ4v) is 2.77. The second-order valence-corrected chi connectivity index (χ2v) is 6.23. The lowest BCUT2D eigenvalue weighted by Crippen LogP contribution is -2.49. The summed E-state index contributed by atoms with van der Waals surface area (Å²) in [4.78, 5) is 22.9. The van der Waals surface area contributed by atoms with Crippen molar-refractivity contribution >= 4 is 23.8 Å². The van der Waals surface area contributed by atoms with Crippen LogP contribution in [0.3, 0.4) is 0 Å². The van der Waals surface area contributed by atoms with Crippen LogP contribution in [0.15, 0.2) is 0 Å². The van der Waals surface area contributed by atoms with Crippen LogP contribution in [0, 0.1) is 0 Å². The van der Waals surface area contributed by atoms with Crippen LogP contribution in [-0.4, -0.2) is 40.7 Å². The van der Waals surface area contributed by atoms with Gasteiger partial charge in [-0.25, -0.2) is 9.59 Å². The van der Waals surface area contributed by atoms with Gasteiger partial charge in [-0.2, -0.15) is 11.8 Å². The second-order valence-electron chi connectivity index (χ2n) is 4.95. The first-order valence-corrected chi connectivity index (χ1v) is 8.49. The van der Waals surface area contributed by atoms with Gasteiger partial charge in [-0.1, -0.05) is 33.6 Å². The zero-order valence-electron chi connectivity index (χ0n) is 13.0. The molecule has 0 heterocycles. The number of nitrogens with one attached hydrogen (secondary N) is 2. The third kappa shape index (κ3) is 6.50. The van der Waals surface area contributed by atoms with E-state index in [9.17, 15) is 9.59 Å². The van der Waals surface area contributed by atoms with Gasteiger partial charge in [0.05, 0.1) is 0 Å². The Morgan fingerprint density at radius 2 is 1.85 bits per heavy atom. The fourth-order valence-electron chi connectivity index (χ4n) is 1.98. The predicted octanol–water partition coefficient (Wildman–Crippen LogP) is 2.85. The number of carboxylic acid groups (broad SMARTS) is 1. The molecule has 6 heteroatoms. The zero-order chi connectivity index (χ0) is 15.6. The molecule has 118 valence electrons. The Balaban J connectivity index is 4.35. The van der Waals surface area contributed by atoms with Gasteiger partial charge in [0, 0.05) is 11.3 Å². The maximum absolute atomic E-state index is 11.8. The number of aliphatic carboxylic acids is 1. The zero-order valence-corrected chi connectivity index (χ0v) is 13.8. The maximum atomic E-state index is 11.8. The molecule has 0 saturated carbocycles. The van der Waals surface area contributed by atoms with E-state index in [2.05, 4.69) is 24.5 Å². The van der Waals surface area contributed by atoms with Crippen molar-refractivity contribution < 1.29 is 14.7 Å². The number of amides is 2. The molecule has 1 unspecified atom stereocenters. The SMILES string of the molecule is CCCCC(NC(=O)NCC(CC)(CC)SC)C(=O)O. The van der Waals surface area contributed by atoms with Crippen molar-refractivity contribution in [1.29, 1.82) is 0 Å². The Hall–Kier alpha value is -0.910. The maximum Gasteiger partial charge on any atom is 0.326 e. The Kier molecular flexibility index (Phi) is 9.46. The minimum absolute atomic E-state index is 0.0273. The number of hydrogen-bond donors (Lipinski definition) is 3. The van der Waals surface area contributed by atoms with E-state index < -0.39 is 18.0 Å². The standard InChI is InChI=1S/C14H28N2O3S/c1-5-8-9-11(12(17)18)16-13(19)15-10-14(6-2,7-3)20-4/h11H,5-10H2,1-4H3,(H,17,18)(H2,15,16,19). The summed E-state index contributed by atoms with van der Waals surface area (Å²) in [5, 5.41) is 14.4. The highest BCUT2D eigenvalue weighted by atomic mass is 32.2. The van der Waals surface area contributed by atoms with Crippen LogP contribution >= 0.6 is 11.8 Å². The number of carboxylic acids is 1. The predicted molar refractivity (Wildman–Crippen MR) is 84.3 cm³/mol. The second kappa shape index (κ2) is 9.91. The van der Waals surface area contributed by atoms with Gasteiger partial charge < -0.3 is 15.7 Å². The lowest BCUT2D eigenvalue weighted by Gasteiger charge is -2.30. The first-order valence-electron chi connectivity index (χ1n) is 7.27. The smallest absolute Gasteiger partial charge is 0.326 e. The van der Waals surface area contributed by atoms with Crippen molar-refractivity contribution in [3.8, 4) is 0 Å². The topological polar surface area (TPSA) is 78.4 Å². The molecule has 0 aliphatic rings. The largest absolute Gasteiger partial charge is 0.480 e. The Bertz CT molecular complexity index is 299. The van der Waals surface area contributed by atoms with Crippen molar-refractivity contribution in [3.05, 3.63) is 0 Å². The summed E-state index contributed by atoms with van der Waals surface area (Å²) in [5.74, 6) is -0.976. The molecule has 0 aliphatic carbocycles. The first kappa shape index (κ1) is 19.1. The minimum atomic E-state index is -0.976. The number of unbranched alkanes of at least 4 members (excludes halogenated alkanes) is 1. The Labute approximate surface area is 126 Å². The molecule has 0 rings (SSSR count). The van der Waals surface area contributed by atoms with Gasteiger partial charge in [0.15, 0.2) is 0 Å². The summed E-state index contributed by atoms with van der Waals surface area (Å²) >= 11 is 1.74. The van der Waals surface area contributed by atoms with Crippen LogP contribution in [0.4, 0.5) is 4.79 Å². The van der Waals surface area contributed by atoms with Gasteiger partial charge in [0.1, 0.15) is 6.04 Å². The molecule has 0 aromatic heterocycles. The number of rotatable bonds is 10. The molecule has 5 nitrogen and oxygen atoms in total. The first-order chi connectivity index (χ1) is 9.44. The molecule has 0 aromatic rings. The number of carbonyl (C=O) groups excluding carboxylic acids is 1. The third-order valence-electron chi connectivity index (χ3n) is 3.74. The molecule has 3 N–H and O–H groups in total. The van der Waals surface area contributed by atoms with E-state index in [1.807, 2.05) is 13.2 Å². The Morgan fingerprint density at radius 3 is 2.25 bits per heavy atom. The Morgan fingerprint density at radius 1 is 1.25 bits per heavy atom. The van der Waals surface area contributed by atoms with Gasteiger partial charge in [0.2, 0.25) is 0 Å². The molecule has 1 atom stereocenters. The highest BCUT2D eigenvalue weighted by Crippen LogP contribution is 2.29. The van der Waals surface area contributed by atoms with Crippen LogP contribution in [0.1, 0.15) is 52.9 Å². The average Bonchev–Trinajstić information content (AvgIpc) is 2.45. The van der Waals surface area contributed by atoms with Crippen LogP contribution in [0.5, 0.6) is 0 Å². The molecule has 0 radical (unpaired) electrons. The summed E-state index contributed by atoms with van der Waals surface area (Å²) in [5.41, 5.74) is 0. The number of thioether (sulfide) groups is 1. The summed E-state index contributed by atoms with van der Waals surface area (Å²) in [6.07, 6.45) is 6.12. The van der Waals surface area contributed by atoms with Crippen molar-refractivity contribution in [1.82, 2.24) is 10.6 Å².